The SMILES string of the molecule is CC1CCC(Nc2nc(C(C)(C)C)ns2)(C(=O)O)CC1. The van der Waals surface area contributed by atoms with E-state index in [9.17, 15) is 9.90 Å². The molecule has 0 radical (unpaired) electrons. The monoisotopic (exact) mass is 297 g/mol. The highest BCUT2D eigenvalue weighted by molar-refractivity contribution is 7.09. The molecule has 5 nitrogen and oxygen atoms in total. The second kappa shape index (κ2) is 5.31. The number of hydrogen-bond donors (Lipinski definition) is 2. The van der Waals surface area contributed by atoms with Gasteiger partial charge in [0.05, 0.1) is 0 Å². The molecule has 0 bridgehead atoms. The van der Waals surface area contributed by atoms with Crippen molar-refractivity contribution in [3.05, 3.63) is 5.82 Å². The number of hydrogen-bond acceptors (Lipinski definition) is 5. The molecule has 20 heavy (non-hydrogen) atoms. The summed E-state index contributed by atoms with van der Waals surface area (Å²) in [6, 6.07) is 0. The van der Waals surface area contributed by atoms with Gasteiger partial charge in [-0.2, -0.15) is 4.37 Å². The number of carboxylic acid groups (broad SMARTS) is 1. The van der Waals surface area contributed by atoms with Crippen molar-refractivity contribution in [3.63, 3.8) is 0 Å². The van der Waals surface area contributed by atoms with Crippen molar-refractivity contribution in [1.82, 2.24) is 9.36 Å². The Bertz CT molecular complexity index is 485. The zero-order valence-electron chi connectivity index (χ0n) is 12.6. The fraction of sp³-hybridized carbons (Fsp3) is 0.786. The van der Waals surface area contributed by atoms with Gasteiger partial charge in [-0.15, -0.1) is 0 Å². The number of aromatic nitrogens is 2. The van der Waals surface area contributed by atoms with Gasteiger partial charge in [-0.25, -0.2) is 9.78 Å². The smallest absolute Gasteiger partial charge is 0.329 e. The van der Waals surface area contributed by atoms with Gasteiger partial charge in [-0.3, -0.25) is 0 Å². The molecule has 1 saturated carbocycles. The number of carbonyl (C=O) groups is 1. The minimum absolute atomic E-state index is 0.117. The lowest BCUT2D eigenvalue weighted by atomic mass is 9.77. The number of anilines is 1. The van der Waals surface area contributed by atoms with E-state index >= 15 is 0 Å². The Kier molecular flexibility index (Phi) is 4.04. The molecule has 0 aliphatic heterocycles. The minimum Gasteiger partial charge on any atom is -0.480 e. The van der Waals surface area contributed by atoms with E-state index in [0.29, 0.717) is 23.9 Å². The highest BCUT2D eigenvalue weighted by Gasteiger charge is 2.42. The van der Waals surface area contributed by atoms with Gasteiger partial charge in [-0.05, 0) is 31.6 Å². The molecule has 1 aliphatic rings. The molecule has 0 saturated heterocycles. The highest BCUT2D eigenvalue weighted by Crippen LogP contribution is 2.35. The van der Waals surface area contributed by atoms with E-state index in [1.54, 1.807) is 0 Å². The molecule has 2 N–H and O–H groups in total. The second-order valence-corrected chi connectivity index (χ2v) is 7.62. The van der Waals surface area contributed by atoms with Crippen LogP contribution in [0.15, 0.2) is 0 Å². The van der Waals surface area contributed by atoms with Crippen molar-refractivity contribution in [3.8, 4) is 0 Å². The first-order valence-corrected chi connectivity index (χ1v) is 7.86. The molecule has 0 amide bonds. The maximum absolute atomic E-state index is 11.7. The molecule has 1 aromatic rings. The highest BCUT2D eigenvalue weighted by atomic mass is 32.1. The lowest BCUT2D eigenvalue weighted by Gasteiger charge is -2.36. The normalized spacial score (nSPS) is 27.3. The molecule has 1 fully saturated rings. The summed E-state index contributed by atoms with van der Waals surface area (Å²) in [6.45, 7) is 8.32. The molecule has 0 atom stereocenters. The second-order valence-electron chi connectivity index (χ2n) is 6.87. The van der Waals surface area contributed by atoms with Crippen molar-refractivity contribution in [2.24, 2.45) is 5.92 Å². The third-order valence-corrected chi connectivity index (χ3v) is 4.61. The van der Waals surface area contributed by atoms with E-state index in [-0.39, 0.29) is 5.41 Å². The van der Waals surface area contributed by atoms with Crippen LogP contribution in [0.3, 0.4) is 0 Å². The molecule has 2 rings (SSSR count). The molecular weight excluding hydrogens is 274 g/mol. The average Bonchev–Trinajstić information content (AvgIpc) is 2.80. The predicted molar refractivity (Wildman–Crippen MR) is 80.2 cm³/mol. The summed E-state index contributed by atoms with van der Waals surface area (Å²) in [6.07, 6.45) is 3.16. The summed E-state index contributed by atoms with van der Waals surface area (Å²) in [5, 5.41) is 13.4. The van der Waals surface area contributed by atoms with Crippen LogP contribution in [0, 0.1) is 5.92 Å². The first-order chi connectivity index (χ1) is 9.23. The topological polar surface area (TPSA) is 75.1 Å². The van der Waals surface area contributed by atoms with Crippen LogP contribution in [0.2, 0.25) is 0 Å². The van der Waals surface area contributed by atoms with Gasteiger partial charge >= 0.3 is 5.97 Å². The molecule has 0 unspecified atom stereocenters. The van der Waals surface area contributed by atoms with Crippen LogP contribution in [-0.4, -0.2) is 26.0 Å². The van der Waals surface area contributed by atoms with Gasteiger partial charge in [-0.1, -0.05) is 27.7 Å². The number of aliphatic carboxylic acids is 1. The lowest BCUT2D eigenvalue weighted by Crippen LogP contribution is -2.48. The molecular formula is C14H23N3O2S. The van der Waals surface area contributed by atoms with Gasteiger partial charge in [0.1, 0.15) is 11.4 Å². The van der Waals surface area contributed by atoms with Gasteiger partial charge in [0.2, 0.25) is 5.13 Å². The van der Waals surface area contributed by atoms with E-state index in [1.807, 2.05) is 20.8 Å². The maximum Gasteiger partial charge on any atom is 0.329 e. The van der Waals surface area contributed by atoms with Crippen LogP contribution in [0.5, 0.6) is 0 Å². The van der Waals surface area contributed by atoms with E-state index in [0.717, 1.165) is 18.7 Å². The van der Waals surface area contributed by atoms with Gasteiger partial charge < -0.3 is 10.4 Å². The fourth-order valence-corrected chi connectivity index (χ4v) is 3.29. The third-order valence-electron chi connectivity index (χ3n) is 3.98. The standard InChI is InChI=1S/C14H23N3O2S/c1-9-5-7-14(8-6-9,11(18)19)16-12-15-10(17-20-12)13(2,3)4/h9H,5-8H2,1-4H3,(H,18,19)(H,15,16,17). The van der Waals surface area contributed by atoms with Crippen LogP contribution in [-0.2, 0) is 10.2 Å². The Morgan fingerprint density at radius 1 is 1.40 bits per heavy atom. The van der Waals surface area contributed by atoms with E-state index in [1.165, 1.54) is 11.5 Å². The average molecular weight is 297 g/mol. The molecule has 0 aromatic carbocycles. The number of carboxylic acids is 1. The summed E-state index contributed by atoms with van der Waals surface area (Å²) >= 11 is 1.25. The summed E-state index contributed by atoms with van der Waals surface area (Å²) in [7, 11) is 0. The summed E-state index contributed by atoms with van der Waals surface area (Å²) in [4.78, 5) is 16.1. The van der Waals surface area contributed by atoms with Crippen LogP contribution in [0.25, 0.3) is 0 Å². The molecule has 6 heteroatoms. The predicted octanol–water partition coefficient (Wildman–Crippen LogP) is 3.28. The Labute approximate surface area is 124 Å². The Morgan fingerprint density at radius 2 is 2.00 bits per heavy atom. The van der Waals surface area contributed by atoms with E-state index < -0.39 is 11.5 Å². The first-order valence-electron chi connectivity index (χ1n) is 7.09. The third kappa shape index (κ3) is 3.11. The van der Waals surface area contributed by atoms with Crippen molar-refractivity contribution >= 4 is 22.6 Å². The molecule has 1 aromatic heterocycles. The zero-order chi connectivity index (χ0) is 15.0. The number of nitrogens with zero attached hydrogens (tertiary/aromatic N) is 2. The maximum atomic E-state index is 11.7. The number of nitrogens with one attached hydrogen (secondary N) is 1. The zero-order valence-corrected chi connectivity index (χ0v) is 13.4. The van der Waals surface area contributed by atoms with Crippen molar-refractivity contribution < 1.29 is 9.90 Å². The van der Waals surface area contributed by atoms with Crippen LogP contribution in [0.4, 0.5) is 5.13 Å². The van der Waals surface area contributed by atoms with Crippen molar-refractivity contribution in [2.75, 3.05) is 5.32 Å². The summed E-state index contributed by atoms with van der Waals surface area (Å²) < 4.78 is 4.33. The quantitative estimate of drug-likeness (QED) is 0.895. The van der Waals surface area contributed by atoms with E-state index in [4.69, 9.17) is 0 Å². The first kappa shape index (κ1) is 15.2. The molecule has 1 heterocycles. The summed E-state index contributed by atoms with van der Waals surface area (Å²) in [5.74, 6) is 0.579. The fourth-order valence-electron chi connectivity index (χ4n) is 2.43. The molecule has 112 valence electrons. The van der Waals surface area contributed by atoms with Crippen LogP contribution in [0.1, 0.15) is 59.2 Å². The van der Waals surface area contributed by atoms with Crippen molar-refractivity contribution in [2.45, 2.75) is 64.3 Å². The van der Waals surface area contributed by atoms with Crippen LogP contribution < -0.4 is 5.32 Å². The lowest BCUT2D eigenvalue weighted by molar-refractivity contribution is -0.143. The Hall–Kier alpha value is -1.17. The Morgan fingerprint density at radius 3 is 2.45 bits per heavy atom. The molecule has 0 spiro atoms. The minimum atomic E-state index is -0.874. The van der Waals surface area contributed by atoms with Crippen molar-refractivity contribution in [1.29, 1.82) is 0 Å². The van der Waals surface area contributed by atoms with Crippen LogP contribution >= 0.6 is 11.5 Å². The van der Waals surface area contributed by atoms with Gasteiger partial charge in [0.15, 0.2) is 0 Å². The van der Waals surface area contributed by atoms with Gasteiger partial charge in [0, 0.05) is 16.9 Å². The largest absolute Gasteiger partial charge is 0.480 e. The number of rotatable bonds is 3. The van der Waals surface area contributed by atoms with E-state index in [2.05, 4.69) is 21.6 Å². The summed E-state index contributed by atoms with van der Waals surface area (Å²) in [5.41, 5.74) is -0.991. The molecule has 1 aliphatic carbocycles. The van der Waals surface area contributed by atoms with Gasteiger partial charge in [0.25, 0.3) is 0 Å². The Balaban J connectivity index is 2.17.